The van der Waals surface area contributed by atoms with Crippen LogP contribution in [-0.2, 0) is 21.1 Å². The summed E-state index contributed by atoms with van der Waals surface area (Å²) in [5, 5.41) is 0. The van der Waals surface area contributed by atoms with Crippen LogP contribution < -0.4 is 11.0 Å². The smallest absolute Gasteiger partial charge is 0.342 e. The molecule has 4 nitrogen and oxygen atoms in total. The summed E-state index contributed by atoms with van der Waals surface area (Å²) in [6, 6.07) is 0. The third-order valence-corrected chi connectivity index (χ3v) is 1.07. The summed E-state index contributed by atoms with van der Waals surface area (Å²) in [5.74, 6) is -1.11. The molecule has 0 heterocycles. The molecule has 0 aromatic heterocycles. The highest BCUT2D eigenvalue weighted by molar-refractivity contribution is 8.10. The number of rotatable bonds is 2. The summed E-state index contributed by atoms with van der Waals surface area (Å²) in [6.45, 7) is -4.24. The summed E-state index contributed by atoms with van der Waals surface area (Å²) in [6.07, 6.45) is 0. The van der Waals surface area contributed by atoms with Crippen LogP contribution in [0.15, 0.2) is 0 Å². The largest absolute Gasteiger partial charge is 0.408 e. The SMILES string of the molecule is NP(N)(=S)OC(=O)CF. The van der Waals surface area contributed by atoms with E-state index in [-0.39, 0.29) is 0 Å². The van der Waals surface area contributed by atoms with Gasteiger partial charge in [-0.05, 0) is 11.8 Å². The Morgan fingerprint density at radius 1 is 1.78 bits per heavy atom. The second-order valence-corrected chi connectivity index (χ2v) is 4.43. The summed E-state index contributed by atoms with van der Waals surface area (Å²) in [5.41, 5.74) is 9.81. The maximum absolute atomic E-state index is 11.3. The Labute approximate surface area is 56.5 Å². The van der Waals surface area contributed by atoms with Gasteiger partial charge in [0.05, 0.1) is 0 Å². The molecule has 0 spiro atoms. The van der Waals surface area contributed by atoms with E-state index in [2.05, 4.69) is 16.3 Å². The molecular weight excluding hydrogens is 166 g/mol. The first-order valence-corrected chi connectivity index (χ1v) is 4.77. The molecule has 0 radical (unpaired) electrons. The van der Waals surface area contributed by atoms with Crippen LogP contribution in [0, 0.1) is 0 Å². The second kappa shape index (κ2) is 3.22. The van der Waals surface area contributed by atoms with Crippen LogP contribution in [0.25, 0.3) is 0 Å². The highest BCUT2D eigenvalue weighted by Gasteiger charge is 2.09. The van der Waals surface area contributed by atoms with Gasteiger partial charge in [0, 0.05) is 0 Å². The summed E-state index contributed by atoms with van der Waals surface area (Å²) in [7, 11) is 0. The Balaban J connectivity index is 3.75. The molecule has 54 valence electrons. The van der Waals surface area contributed by atoms with E-state index in [0.29, 0.717) is 0 Å². The molecule has 9 heavy (non-hydrogen) atoms. The van der Waals surface area contributed by atoms with E-state index in [1.807, 2.05) is 0 Å². The van der Waals surface area contributed by atoms with Crippen molar-refractivity contribution < 1.29 is 13.7 Å². The van der Waals surface area contributed by atoms with E-state index in [4.69, 9.17) is 11.0 Å². The van der Waals surface area contributed by atoms with E-state index in [1.165, 1.54) is 0 Å². The van der Waals surface area contributed by atoms with Crippen LogP contribution in [0.1, 0.15) is 0 Å². The zero-order valence-electron chi connectivity index (χ0n) is 4.41. The van der Waals surface area contributed by atoms with E-state index in [9.17, 15) is 9.18 Å². The van der Waals surface area contributed by atoms with Gasteiger partial charge in [0.2, 0.25) is 6.57 Å². The minimum absolute atomic E-state index is 1.11. The van der Waals surface area contributed by atoms with Gasteiger partial charge in [0.25, 0.3) is 0 Å². The monoisotopic (exact) mass is 172 g/mol. The molecule has 0 bridgehead atoms. The third kappa shape index (κ3) is 5.85. The number of carbonyl (C=O) groups excluding carboxylic acids is 1. The molecule has 0 aliphatic heterocycles. The van der Waals surface area contributed by atoms with E-state index in [0.717, 1.165) is 0 Å². The number of hydrogen-bond acceptors (Lipinski definition) is 3. The Morgan fingerprint density at radius 2 is 2.22 bits per heavy atom. The number of alkyl halides is 1. The zero-order valence-corrected chi connectivity index (χ0v) is 6.12. The molecule has 4 N–H and O–H groups in total. The van der Waals surface area contributed by atoms with Crippen molar-refractivity contribution in [2.45, 2.75) is 0 Å². The zero-order chi connectivity index (χ0) is 7.49. The van der Waals surface area contributed by atoms with Crippen LogP contribution in [0.5, 0.6) is 0 Å². The maximum atomic E-state index is 11.3. The van der Waals surface area contributed by atoms with Gasteiger partial charge in [0.1, 0.15) is 0 Å². The number of carbonyl (C=O) groups is 1. The minimum atomic E-state index is -2.99. The molecule has 0 aliphatic carbocycles. The molecule has 0 amide bonds. The van der Waals surface area contributed by atoms with Crippen molar-refractivity contribution in [2.75, 3.05) is 6.67 Å². The average molecular weight is 172 g/mol. The summed E-state index contributed by atoms with van der Waals surface area (Å²) >= 11 is 4.28. The predicted octanol–water partition coefficient (Wildman–Crippen LogP) is -0.359. The fraction of sp³-hybridized carbons (Fsp3) is 0.500. The number of halogens is 1. The maximum Gasteiger partial charge on any atom is 0.342 e. The molecule has 0 atom stereocenters. The Bertz CT molecular complexity index is 157. The predicted molar refractivity (Wildman–Crippen MR) is 34.7 cm³/mol. The fourth-order valence-corrected chi connectivity index (χ4v) is 0.800. The van der Waals surface area contributed by atoms with Crippen molar-refractivity contribution in [1.29, 1.82) is 0 Å². The highest BCUT2D eigenvalue weighted by Crippen LogP contribution is 2.26. The van der Waals surface area contributed by atoms with Gasteiger partial charge in [-0.1, -0.05) is 0 Å². The molecule has 0 unspecified atom stereocenters. The Hall–Kier alpha value is -0.0300. The standard InChI is InChI=1S/C2H6FN2O2PS/c3-1-2(6)7-8(4,5)9/h1H2,(H4,4,5,9). The quantitative estimate of drug-likeness (QED) is 0.556. The minimum Gasteiger partial charge on any atom is -0.408 e. The van der Waals surface area contributed by atoms with Crippen LogP contribution in [0.3, 0.4) is 0 Å². The van der Waals surface area contributed by atoms with Gasteiger partial charge in [-0.2, -0.15) is 0 Å². The van der Waals surface area contributed by atoms with Gasteiger partial charge < -0.3 is 4.52 Å². The van der Waals surface area contributed by atoms with Gasteiger partial charge in [-0.15, -0.1) is 0 Å². The van der Waals surface area contributed by atoms with Crippen LogP contribution in [-0.4, -0.2) is 12.6 Å². The Kier molecular flexibility index (Phi) is 3.21. The van der Waals surface area contributed by atoms with Crippen LogP contribution in [0.4, 0.5) is 4.39 Å². The molecular formula is C2H6FN2O2PS. The van der Waals surface area contributed by atoms with Crippen molar-refractivity contribution in [1.82, 2.24) is 0 Å². The first kappa shape index (κ1) is 8.97. The van der Waals surface area contributed by atoms with Crippen molar-refractivity contribution in [3.05, 3.63) is 0 Å². The first-order valence-electron chi connectivity index (χ1n) is 1.91. The number of nitrogens with two attached hydrogens (primary N) is 2. The summed E-state index contributed by atoms with van der Waals surface area (Å²) < 4.78 is 15.4. The number of hydrogen-bond donors (Lipinski definition) is 2. The molecule has 0 rings (SSSR count). The van der Waals surface area contributed by atoms with Gasteiger partial charge >= 0.3 is 5.97 Å². The van der Waals surface area contributed by atoms with E-state index >= 15 is 0 Å². The molecule has 0 saturated carbocycles. The molecule has 0 fully saturated rings. The van der Waals surface area contributed by atoms with Gasteiger partial charge in [-0.3, -0.25) is 11.0 Å². The lowest BCUT2D eigenvalue weighted by Crippen LogP contribution is -2.14. The lowest BCUT2D eigenvalue weighted by molar-refractivity contribution is -0.134. The van der Waals surface area contributed by atoms with Crippen molar-refractivity contribution in [2.24, 2.45) is 11.0 Å². The van der Waals surface area contributed by atoms with Crippen molar-refractivity contribution in [3.63, 3.8) is 0 Å². The van der Waals surface area contributed by atoms with Gasteiger partial charge in [0.15, 0.2) is 6.67 Å². The first-order chi connectivity index (χ1) is 3.95. The third-order valence-electron chi connectivity index (χ3n) is 0.354. The molecule has 0 aliphatic rings. The Morgan fingerprint density at radius 3 is 2.33 bits per heavy atom. The lowest BCUT2D eigenvalue weighted by atomic mass is 10.8. The van der Waals surface area contributed by atoms with E-state index in [1.54, 1.807) is 0 Å². The highest BCUT2D eigenvalue weighted by atomic mass is 32.4. The molecule has 0 aromatic carbocycles. The van der Waals surface area contributed by atoms with Crippen LogP contribution in [0.2, 0.25) is 0 Å². The van der Waals surface area contributed by atoms with Crippen LogP contribution >= 0.6 is 6.57 Å². The molecule has 7 heteroatoms. The average Bonchev–Trinajstić information content (AvgIpc) is 1.62. The van der Waals surface area contributed by atoms with Crippen molar-refractivity contribution in [3.8, 4) is 0 Å². The molecule has 0 aromatic rings. The molecule has 0 saturated heterocycles. The van der Waals surface area contributed by atoms with Gasteiger partial charge in [-0.25, -0.2) is 9.18 Å². The fourth-order valence-electron chi connectivity index (χ4n) is 0.184. The van der Waals surface area contributed by atoms with Crippen molar-refractivity contribution >= 4 is 24.3 Å². The topological polar surface area (TPSA) is 78.3 Å². The normalized spacial score (nSPS) is 11.0. The second-order valence-electron chi connectivity index (χ2n) is 1.24. The lowest BCUT2D eigenvalue weighted by Gasteiger charge is -2.07. The van der Waals surface area contributed by atoms with E-state index < -0.39 is 19.2 Å². The summed E-state index contributed by atoms with van der Waals surface area (Å²) in [4.78, 5) is 10.0.